The summed E-state index contributed by atoms with van der Waals surface area (Å²) in [6, 6.07) is 3.53. The number of carbonyl (C=O) groups excluding carboxylic acids is 1. The third-order valence-corrected chi connectivity index (χ3v) is 5.68. The Labute approximate surface area is 163 Å². The number of aromatic nitrogens is 2. The van der Waals surface area contributed by atoms with Crippen LogP contribution in [-0.2, 0) is 4.79 Å². The van der Waals surface area contributed by atoms with Crippen molar-refractivity contribution in [1.82, 2.24) is 9.78 Å². The number of hydrogen-bond donors (Lipinski definition) is 2. The molecular weight excluding hydrogens is 358 g/mol. The average molecular weight is 383 g/mol. The summed E-state index contributed by atoms with van der Waals surface area (Å²) in [6.45, 7) is 0.266. The molecule has 1 aliphatic carbocycles. The third kappa shape index (κ3) is 3.35. The Bertz CT molecular complexity index is 927. The number of nitrogens with zero attached hydrogens (tertiary/aromatic N) is 4. The van der Waals surface area contributed by atoms with Crippen molar-refractivity contribution in [3.05, 3.63) is 30.7 Å². The predicted molar refractivity (Wildman–Crippen MR) is 107 cm³/mol. The van der Waals surface area contributed by atoms with Gasteiger partial charge in [0, 0.05) is 42.9 Å². The number of ether oxygens (including phenoxy) is 1. The number of amides is 1. The number of rotatable bonds is 5. The van der Waals surface area contributed by atoms with Crippen LogP contribution >= 0.6 is 0 Å². The van der Waals surface area contributed by atoms with Crippen LogP contribution in [0, 0.1) is 5.92 Å². The van der Waals surface area contributed by atoms with Crippen LogP contribution in [0.2, 0.25) is 0 Å². The molecule has 2 aliphatic rings. The monoisotopic (exact) mass is 383 g/mol. The molecular formula is C20H25N5O3. The molecule has 1 aromatic carbocycles. The Morgan fingerprint density at radius 2 is 2.11 bits per heavy atom. The molecule has 2 aromatic rings. The first-order valence-electron chi connectivity index (χ1n) is 9.56. The van der Waals surface area contributed by atoms with Crippen molar-refractivity contribution in [2.45, 2.75) is 37.8 Å². The number of carbonyl (C=O) groups is 1. The number of aliphatic hydroxyl groups excluding tert-OH is 1. The van der Waals surface area contributed by atoms with Gasteiger partial charge in [0.15, 0.2) is 0 Å². The Morgan fingerprint density at radius 3 is 2.79 bits per heavy atom. The van der Waals surface area contributed by atoms with Crippen molar-refractivity contribution in [3.8, 4) is 5.75 Å². The van der Waals surface area contributed by atoms with Crippen LogP contribution in [0.4, 0.5) is 5.69 Å². The fraction of sp³-hybridized carbons (Fsp3) is 0.450. The summed E-state index contributed by atoms with van der Waals surface area (Å²) in [5.74, 6) is 0.547. The van der Waals surface area contributed by atoms with Gasteiger partial charge in [-0.05, 0) is 37.7 Å². The molecule has 1 fully saturated rings. The highest BCUT2D eigenvalue weighted by Crippen LogP contribution is 2.37. The molecule has 148 valence electrons. The fourth-order valence-corrected chi connectivity index (χ4v) is 4.05. The number of nitrogens with two attached hydrogens (primary N) is 1. The molecule has 8 heteroatoms. The molecule has 1 unspecified atom stereocenters. The molecule has 1 aromatic heterocycles. The van der Waals surface area contributed by atoms with Gasteiger partial charge >= 0.3 is 0 Å². The Hall–Kier alpha value is -2.87. The van der Waals surface area contributed by atoms with Gasteiger partial charge in [0.2, 0.25) is 5.91 Å². The highest BCUT2D eigenvalue weighted by Gasteiger charge is 2.27. The van der Waals surface area contributed by atoms with E-state index in [-0.39, 0.29) is 6.61 Å². The summed E-state index contributed by atoms with van der Waals surface area (Å²) in [4.78, 5) is 17.6. The van der Waals surface area contributed by atoms with Crippen LogP contribution in [0.25, 0.3) is 10.9 Å². The van der Waals surface area contributed by atoms with Gasteiger partial charge in [-0.3, -0.25) is 14.5 Å². The first kappa shape index (κ1) is 18.5. The molecule has 4 rings (SSSR count). The maximum atomic E-state index is 11.8. The van der Waals surface area contributed by atoms with Gasteiger partial charge in [0.05, 0.1) is 24.4 Å². The van der Waals surface area contributed by atoms with Crippen LogP contribution in [0.15, 0.2) is 35.7 Å². The largest absolute Gasteiger partial charge is 0.494 e. The number of anilines is 1. The summed E-state index contributed by atoms with van der Waals surface area (Å²) in [7, 11) is 1.60. The van der Waals surface area contributed by atoms with Crippen molar-refractivity contribution < 1.29 is 14.6 Å². The molecule has 2 heterocycles. The van der Waals surface area contributed by atoms with E-state index >= 15 is 0 Å². The summed E-state index contributed by atoms with van der Waals surface area (Å²) < 4.78 is 7.60. The van der Waals surface area contributed by atoms with Crippen LogP contribution in [0.1, 0.15) is 31.7 Å². The van der Waals surface area contributed by atoms with Crippen LogP contribution in [-0.4, -0.2) is 46.8 Å². The smallest absolute Gasteiger partial charge is 0.246 e. The van der Waals surface area contributed by atoms with Gasteiger partial charge < -0.3 is 20.5 Å². The second kappa shape index (κ2) is 7.63. The lowest BCUT2D eigenvalue weighted by Crippen LogP contribution is -2.44. The molecule has 1 atom stereocenters. The van der Waals surface area contributed by atoms with E-state index in [1.54, 1.807) is 24.4 Å². The zero-order valence-corrected chi connectivity index (χ0v) is 15.9. The SMILES string of the molecule is COc1cc2nn(C3CCC(CO)CC3)cc2cc1N1C=CN=CC1C(N)=O. The Balaban J connectivity index is 1.68. The van der Waals surface area contributed by atoms with E-state index in [1.807, 2.05) is 23.0 Å². The number of benzene rings is 1. The highest BCUT2D eigenvalue weighted by molar-refractivity contribution is 6.02. The van der Waals surface area contributed by atoms with Gasteiger partial charge in [-0.25, -0.2) is 0 Å². The van der Waals surface area contributed by atoms with Gasteiger partial charge in [0.25, 0.3) is 0 Å². The minimum absolute atomic E-state index is 0.266. The first-order valence-corrected chi connectivity index (χ1v) is 9.56. The summed E-state index contributed by atoms with van der Waals surface area (Å²) in [6.07, 6.45) is 11.0. The Morgan fingerprint density at radius 1 is 1.32 bits per heavy atom. The summed E-state index contributed by atoms with van der Waals surface area (Å²) in [5.41, 5.74) is 7.13. The van der Waals surface area contributed by atoms with Gasteiger partial charge in [-0.1, -0.05) is 0 Å². The van der Waals surface area contributed by atoms with E-state index in [0.29, 0.717) is 17.7 Å². The molecule has 0 radical (unpaired) electrons. The van der Waals surface area contributed by atoms with E-state index in [0.717, 1.165) is 42.3 Å². The summed E-state index contributed by atoms with van der Waals surface area (Å²) in [5, 5.41) is 15.1. The zero-order chi connectivity index (χ0) is 19.7. The number of hydrogen-bond acceptors (Lipinski definition) is 6. The second-order valence-electron chi connectivity index (χ2n) is 7.40. The molecule has 0 saturated heterocycles. The maximum absolute atomic E-state index is 11.8. The van der Waals surface area contributed by atoms with Crippen molar-refractivity contribution in [1.29, 1.82) is 0 Å². The van der Waals surface area contributed by atoms with Crippen molar-refractivity contribution in [2.75, 3.05) is 18.6 Å². The number of aliphatic hydroxyl groups is 1. The van der Waals surface area contributed by atoms with Crippen molar-refractivity contribution >= 4 is 28.7 Å². The van der Waals surface area contributed by atoms with Crippen LogP contribution in [0.3, 0.4) is 0 Å². The molecule has 1 aliphatic heterocycles. The minimum atomic E-state index is -0.667. The lowest BCUT2D eigenvalue weighted by atomic mass is 9.87. The molecule has 0 bridgehead atoms. The van der Waals surface area contributed by atoms with E-state index in [9.17, 15) is 9.90 Å². The molecule has 28 heavy (non-hydrogen) atoms. The molecule has 3 N–H and O–H groups in total. The minimum Gasteiger partial charge on any atom is -0.494 e. The third-order valence-electron chi connectivity index (χ3n) is 5.68. The van der Waals surface area contributed by atoms with E-state index < -0.39 is 11.9 Å². The van der Waals surface area contributed by atoms with Crippen molar-refractivity contribution in [2.24, 2.45) is 16.6 Å². The average Bonchev–Trinajstić information content (AvgIpc) is 3.15. The summed E-state index contributed by atoms with van der Waals surface area (Å²) >= 11 is 0. The highest BCUT2D eigenvalue weighted by atomic mass is 16.5. The van der Waals surface area contributed by atoms with Gasteiger partial charge in [-0.15, -0.1) is 0 Å². The first-order chi connectivity index (χ1) is 13.6. The van der Waals surface area contributed by atoms with Crippen LogP contribution < -0.4 is 15.4 Å². The van der Waals surface area contributed by atoms with Gasteiger partial charge in [-0.2, -0.15) is 5.10 Å². The number of aliphatic imine (C=N–C) groups is 1. The van der Waals surface area contributed by atoms with E-state index in [4.69, 9.17) is 15.6 Å². The topological polar surface area (TPSA) is 106 Å². The van der Waals surface area contributed by atoms with Gasteiger partial charge in [0.1, 0.15) is 11.8 Å². The van der Waals surface area contributed by atoms with E-state index in [2.05, 4.69) is 4.99 Å². The predicted octanol–water partition coefficient (Wildman–Crippen LogP) is 1.98. The molecule has 8 nitrogen and oxygen atoms in total. The number of methoxy groups -OCH3 is 1. The lowest BCUT2D eigenvalue weighted by molar-refractivity contribution is -0.117. The molecule has 1 saturated carbocycles. The maximum Gasteiger partial charge on any atom is 0.246 e. The van der Waals surface area contributed by atoms with E-state index in [1.165, 1.54) is 6.21 Å². The molecule has 1 amide bonds. The number of primary amides is 1. The zero-order valence-electron chi connectivity index (χ0n) is 15.9. The fourth-order valence-electron chi connectivity index (χ4n) is 4.05. The van der Waals surface area contributed by atoms with Crippen molar-refractivity contribution in [3.63, 3.8) is 0 Å². The lowest BCUT2D eigenvalue weighted by Gasteiger charge is -2.28. The normalized spacial score (nSPS) is 24.6. The number of fused-ring (bicyclic) bond motifs is 1. The quantitative estimate of drug-likeness (QED) is 0.821. The Kier molecular flexibility index (Phi) is 5.04. The van der Waals surface area contributed by atoms with Crippen LogP contribution in [0.5, 0.6) is 5.75 Å². The standard InChI is InChI=1S/C20H25N5O3/c1-28-19-9-16-14(8-17(19)24-7-6-22-10-18(24)20(21)27)11-25(23-16)15-4-2-13(12-26)3-5-15/h6-11,13,15,18,26H,2-5,12H2,1H3,(H2,21,27). The molecule has 0 spiro atoms. The second-order valence-corrected chi connectivity index (χ2v) is 7.40.